The molecule has 5 aliphatic rings. The minimum atomic E-state index is -3.04. The second-order valence-electron chi connectivity index (χ2n) is 18.7. The molecule has 16 nitrogen and oxygen atoms in total. The standard InChI is InChI=1S/4C11H14O2.C6H6O2.C5H10O.HO4P.H2O.H2/c4*12-9-5-6-10(11(13)7-9)8-3-1-2-4-8;7-5-2-1-3-6(8)4-5;6-5-3-1-2-4-5;1-4-5(2)3;;/h4*5-8,12-13H,1-4H2;1-4,7-8H;5-6H,1-4H2;1H;1H2;1H. The molecule has 5 aliphatic carbocycles. The van der Waals surface area contributed by atoms with E-state index < -0.39 is 8.25 Å². The molecular weight excluding hydrogens is 948 g/mol. The molecule has 1 atom stereocenters. The summed E-state index contributed by atoms with van der Waals surface area (Å²) in [7, 11) is -3.04. The van der Waals surface area contributed by atoms with Crippen molar-refractivity contribution in [3.63, 3.8) is 0 Å². The number of phenolic OH excluding ortho intramolecular Hbond substituents is 10. The minimum absolute atomic E-state index is 0. The zero-order valence-electron chi connectivity index (χ0n) is 40.8. The van der Waals surface area contributed by atoms with Gasteiger partial charge in [-0.25, -0.2) is 5.26 Å². The van der Waals surface area contributed by atoms with Gasteiger partial charge in [0.1, 0.15) is 57.5 Å². The average Bonchev–Trinajstić information content (AvgIpc) is 4.19. The van der Waals surface area contributed by atoms with Crippen LogP contribution in [0.2, 0.25) is 0 Å². The predicted octanol–water partition coefficient (Wildman–Crippen LogP) is 12.0. The third kappa shape index (κ3) is 21.4. The van der Waals surface area contributed by atoms with Crippen LogP contribution in [0.1, 0.15) is 176 Å². The van der Waals surface area contributed by atoms with Crippen molar-refractivity contribution in [1.82, 2.24) is 0 Å². The maximum atomic E-state index is 9.59. The fraction of sp³-hybridized carbons (Fsp3) is 0.455. The Balaban J connectivity index is 0.000000297. The normalized spacial score (nSPS) is 16.8. The van der Waals surface area contributed by atoms with E-state index in [1.807, 2.05) is 24.3 Å². The maximum Gasteiger partial charge on any atom is 0.521 e. The Morgan fingerprint density at radius 3 is 0.750 bits per heavy atom. The lowest BCUT2D eigenvalue weighted by Gasteiger charge is -2.11. The topological polar surface area (TPSA) is 324 Å². The highest BCUT2D eigenvalue weighted by molar-refractivity contribution is 7.30. The highest BCUT2D eigenvalue weighted by Gasteiger charge is 2.23. The molecule has 5 fully saturated rings. The molecule has 10 rings (SSSR count). The first-order valence-electron chi connectivity index (χ1n) is 24.7. The molecule has 5 saturated carbocycles. The Bertz CT molecular complexity index is 2070. The van der Waals surface area contributed by atoms with Gasteiger partial charge in [-0.2, -0.15) is 0 Å². The Kier molecular flexibility index (Phi) is 26.9. The van der Waals surface area contributed by atoms with E-state index in [2.05, 4.69) is 4.67 Å². The fourth-order valence-electron chi connectivity index (χ4n) is 9.85. The van der Waals surface area contributed by atoms with Crippen molar-refractivity contribution >= 4 is 8.25 Å². The van der Waals surface area contributed by atoms with Crippen molar-refractivity contribution in [3.8, 4) is 57.5 Å². The van der Waals surface area contributed by atoms with E-state index in [4.69, 9.17) is 50.5 Å². The molecule has 0 aromatic heterocycles. The third-order valence-corrected chi connectivity index (χ3v) is 13.6. The van der Waals surface area contributed by atoms with Gasteiger partial charge in [0.25, 0.3) is 0 Å². The molecule has 5 aromatic carbocycles. The maximum absolute atomic E-state index is 9.59. The first kappa shape index (κ1) is 60.3. The summed E-state index contributed by atoms with van der Waals surface area (Å²) in [6, 6.07) is 25.5. The number of benzene rings is 5. The molecule has 0 radical (unpaired) electrons. The van der Waals surface area contributed by atoms with Gasteiger partial charge in [0.2, 0.25) is 0 Å². The van der Waals surface area contributed by atoms with Crippen LogP contribution >= 0.6 is 8.25 Å². The Morgan fingerprint density at radius 2 is 0.597 bits per heavy atom. The van der Waals surface area contributed by atoms with Crippen molar-refractivity contribution in [2.75, 3.05) is 0 Å². The van der Waals surface area contributed by atoms with Crippen molar-refractivity contribution in [2.45, 2.75) is 158 Å². The zero-order chi connectivity index (χ0) is 51.7. The van der Waals surface area contributed by atoms with Crippen molar-refractivity contribution in [2.24, 2.45) is 0 Å². The minimum Gasteiger partial charge on any atom is -0.565 e. The smallest absolute Gasteiger partial charge is 0.521 e. The summed E-state index contributed by atoms with van der Waals surface area (Å²) in [6.07, 6.45) is 24.0. The average molecular weight is 1030 g/mol. The van der Waals surface area contributed by atoms with E-state index in [9.17, 15) is 20.4 Å². The van der Waals surface area contributed by atoms with Crippen LogP contribution in [0.15, 0.2) is 97.1 Å². The number of aliphatic hydroxyl groups is 1. The van der Waals surface area contributed by atoms with Crippen molar-refractivity contribution < 1.29 is 82.5 Å². The number of rotatable bonds is 5. The first-order chi connectivity index (χ1) is 34.0. The Morgan fingerprint density at radius 1 is 0.389 bits per heavy atom. The summed E-state index contributed by atoms with van der Waals surface area (Å²) < 4.78 is 11.6. The molecule has 17 heteroatoms. The number of phenols is 10. The molecule has 1 unspecified atom stereocenters. The number of hydrogen-bond donors (Lipinski definition) is 12. The lowest BCUT2D eigenvalue weighted by atomic mass is 9.97. The summed E-state index contributed by atoms with van der Waals surface area (Å²) in [5.74, 6) is 3.70. The van der Waals surface area contributed by atoms with Gasteiger partial charge in [-0.3, -0.25) is 0 Å². The van der Waals surface area contributed by atoms with E-state index in [1.54, 1.807) is 30.3 Å². The van der Waals surface area contributed by atoms with Gasteiger partial charge >= 0.3 is 8.25 Å². The first-order valence-corrected chi connectivity index (χ1v) is 25.8. The van der Waals surface area contributed by atoms with Crippen LogP contribution in [0, 0.1) is 0 Å². The zero-order valence-corrected chi connectivity index (χ0v) is 41.7. The molecule has 398 valence electrons. The highest BCUT2D eigenvalue weighted by atomic mass is 31.1. The Labute approximate surface area is 424 Å². The van der Waals surface area contributed by atoms with Crippen LogP contribution in [-0.4, -0.2) is 73.0 Å². The molecule has 5 aromatic rings. The summed E-state index contributed by atoms with van der Waals surface area (Å²) in [6.45, 7) is 0. The van der Waals surface area contributed by atoms with Crippen LogP contribution in [0.5, 0.6) is 57.5 Å². The van der Waals surface area contributed by atoms with Crippen LogP contribution in [0.3, 0.4) is 0 Å². The molecule has 0 spiro atoms. The lowest BCUT2D eigenvalue weighted by Crippen LogP contribution is -1.94. The van der Waals surface area contributed by atoms with Gasteiger partial charge in [0.15, 0.2) is 0 Å². The van der Waals surface area contributed by atoms with Gasteiger partial charge in [0, 0.05) is 36.4 Å². The fourth-order valence-corrected chi connectivity index (χ4v) is 9.85. The number of hydrogen-bond acceptors (Lipinski definition) is 15. The highest BCUT2D eigenvalue weighted by Crippen LogP contribution is 2.42. The molecule has 0 saturated heterocycles. The molecular formula is C55H77O16P. The van der Waals surface area contributed by atoms with Gasteiger partial charge in [-0.1, -0.05) is 94.5 Å². The van der Waals surface area contributed by atoms with E-state index in [-0.39, 0.29) is 70.5 Å². The second kappa shape index (κ2) is 32.2. The third-order valence-electron chi connectivity index (χ3n) is 13.5. The second-order valence-corrected chi connectivity index (χ2v) is 19.3. The van der Waals surface area contributed by atoms with Gasteiger partial charge in [-0.05, 0) is 151 Å². The van der Waals surface area contributed by atoms with Crippen LogP contribution in [0.25, 0.3) is 0 Å². The van der Waals surface area contributed by atoms with E-state index in [1.165, 1.54) is 158 Å². The summed E-state index contributed by atoms with van der Waals surface area (Å²) in [4.78, 5) is 8.93. The van der Waals surface area contributed by atoms with Crippen LogP contribution in [0.4, 0.5) is 0 Å². The summed E-state index contributed by atoms with van der Waals surface area (Å²) >= 11 is 0. The molecule has 14 N–H and O–H groups in total. The van der Waals surface area contributed by atoms with Crippen LogP contribution in [-0.2, 0) is 9.24 Å². The van der Waals surface area contributed by atoms with Gasteiger partial charge in [0.05, 0.1) is 6.10 Å². The summed E-state index contributed by atoms with van der Waals surface area (Å²) in [5.41, 5.74) is 3.98. The molecule has 0 aliphatic heterocycles. The van der Waals surface area contributed by atoms with Crippen molar-refractivity contribution in [3.05, 3.63) is 119 Å². The van der Waals surface area contributed by atoms with Gasteiger partial charge in [-0.15, -0.1) is 0 Å². The molecule has 0 heterocycles. The van der Waals surface area contributed by atoms with Gasteiger partial charge < -0.3 is 66.5 Å². The van der Waals surface area contributed by atoms with E-state index in [0.717, 1.165) is 35.1 Å². The quantitative estimate of drug-likeness (QED) is 0.0442. The SMILES string of the molecule is O.O=[P+]([O-])OO.OC1CCCC1.Oc1ccc(C2CCCC2)c(O)c1.Oc1ccc(C2CCCC2)c(O)c1.Oc1ccc(C2CCCC2)c(O)c1.Oc1ccc(C2CCCC2)c(O)c1.Oc1cccc(O)c1.[HH]. The molecule has 72 heavy (non-hydrogen) atoms. The predicted molar refractivity (Wildman–Crippen MR) is 275 cm³/mol. The lowest BCUT2D eigenvalue weighted by molar-refractivity contribution is -0.244. The van der Waals surface area contributed by atoms with Crippen molar-refractivity contribution in [1.29, 1.82) is 0 Å². The van der Waals surface area contributed by atoms with E-state index in [0.29, 0.717) is 23.7 Å². The van der Waals surface area contributed by atoms with Crippen LogP contribution < -0.4 is 4.89 Å². The largest absolute Gasteiger partial charge is 0.565 e. The number of aromatic hydroxyl groups is 10. The summed E-state index contributed by atoms with van der Waals surface area (Å²) in [5, 5.41) is 108. The monoisotopic (exact) mass is 1020 g/mol. The molecule has 0 amide bonds. The Hall–Kier alpha value is -6.00. The van der Waals surface area contributed by atoms with E-state index >= 15 is 0 Å². The molecule has 0 bridgehead atoms. The number of aliphatic hydroxyl groups excluding tert-OH is 1.